The number of ketones is 1. The van der Waals surface area contributed by atoms with Crippen molar-refractivity contribution in [3.05, 3.63) is 11.4 Å². The van der Waals surface area contributed by atoms with E-state index in [1.807, 2.05) is 20.8 Å². The van der Waals surface area contributed by atoms with Crippen LogP contribution in [0.15, 0.2) is 0 Å². The fourth-order valence-electron chi connectivity index (χ4n) is 0.999. The van der Waals surface area contributed by atoms with E-state index in [0.717, 1.165) is 5.69 Å². The van der Waals surface area contributed by atoms with E-state index < -0.39 is 0 Å². The second-order valence-corrected chi connectivity index (χ2v) is 3.83. The van der Waals surface area contributed by atoms with Crippen molar-refractivity contribution in [3.63, 3.8) is 0 Å². The molecule has 1 heterocycles. The van der Waals surface area contributed by atoms with E-state index in [-0.39, 0.29) is 11.2 Å². The highest BCUT2D eigenvalue weighted by atomic mass is 16.1. The van der Waals surface area contributed by atoms with Gasteiger partial charge in [0, 0.05) is 12.3 Å². The van der Waals surface area contributed by atoms with Gasteiger partial charge in [0.05, 0.1) is 5.69 Å². The molecule has 4 heteroatoms. The second kappa shape index (κ2) is 2.69. The molecule has 0 aliphatic rings. The van der Waals surface area contributed by atoms with Crippen molar-refractivity contribution in [1.82, 2.24) is 15.4 Å². The van der Waals surface area contributed by atoms with Crippen LogP contribution in [0.4, 0.5) is 0 Å². The Kier molecular flexibility index (Phi) is 2.00. The first kappa shape index (κ1) is 8.90. The third-order valence-corrected chi connectivity index (χ3v) is 1.59. The first-order valence-electron chi connectivity index (χ1n) is 3.85. The number of aromatic amines is 1. The SMILES string of the molecule is CC(=O)c1n[nH]nc1C(C)(C)C. The summed E-state index contributed by atoms with van der Waals surface area (Å²) < 4.78 is 0. The molecule has 0 unspecified atom stereocenters. The Morgan fingerprint density at radius 1 is 1.33 bits per heavy atom. The molecule has 0 spiro atoms. The summed E-state index contributed by atoms with van der Waals surface area (Å²) in [6.45, 7) is 7.49. The molecule has 0 aromatic carbocycles. The van der Waals surface area contributed by atoms with Crippen LogP contribution in [0.2, 0.25) is 0 Å². The van der Waals surface area contributed by atoms with Crippen molar-refractivity contribution in [2.45, 2.75) is 33.1 Å². The summed E-state index contributed by atoms with van der Waals surface area (Å²) in [7, 11) is 0. The van der Waals surface area contributed by atoms with Gasteiger partial charge >= 0.3 is 0 Å². The molecule has 1 aromatic heterocycles. The van der Waals surface area contributed by atoms with E-state index >= 15 is 0 Å². The molecule has 4 nitrogen and oxygen atoms in total. The summed E-state index contributed by atoms with van der Waals surface area (Å²) in [5, 5.41) is 10.2. The number of rotatable bonds is 1. The van der Waals surface area contributed by atoms with Gasteiger partial charge in [-0.2, -0.15) is 15.4 Å². The first-order valence-corrected chi connectivity index (χ1v) is 3.85. The summed E-state index contributed by atoms with van der Waals surface area (Å²) >= 11 is 0. The molecule has 1 rings (SSSR count). The van der Waals surface area contributed by atoms with E-state index in [9.17, 15) is 4.79 Å². The molecule has 66 valence electrons. The van der Waals surface area contributed by atoms with E-state index in [2.05, 4.69) is 15.4 Å². The van der Waals surface area contributed by atoms with E-state index in [0.29, 0.717) is 5.69 Å². The fraction of sp³-hybridized carbons (Fsp3) is 0.625. The van der Waals surface area contributed by atoms with Gasteiger partial charge in [-0.3, -0.25) is 4.79 Å². The van der Waals surface area contributed by atoms with E-state index in [1.165, 1.54) is 6.92 Å². The van der Waals surface area contributed by atoms with E-state index in [1.54, 1.807) is 0 Å². The zero-order chi connectivity index (χ0) is 9.35. The maximum atomic E-state index is 11.1. The lowest BCUT2D eigenvalue weighted by Gasteiger charge is -2.14. The minimum Gasteiger partial charge on any atom is -0.293 e. The van der Waals surface area contributed by atoms with Gasteiger partial charge in [0.2, 0.25) is 0 Å². The molecule has 0 amide bonds. The zero-order valence-electron chi connectivity index (χ0n) is 7.80. The zero-order valence-corrected chi connectivity index (χ0v) is 7.80. The van der Waals surface area contributed by atoms with Gasteiger partial charge in [0.15, 0.2) is 11.5 Å². The molecular weight excluding hydrogens is 154 g/mol. The van der Waals surface area contributed by atoms with Crippen molar-refractivity contribution >= 4 is 5.78 Å². The number of nitrogens with one attached hydrogen (secondary N) is 1. The number of nitrogens with zero attached hydrogens (tertiary/aromatic N) is 2. The number of hydrogen-bond donors (Lipinski definition) is 1. The quantitative estimate of drug-likeness (QED) is 0.641. The van der Waals surface area contributed by atoms with Crippen LogP contribution in [0.5, 0.6) is 0 Å². The Morgan fingerprint density at radius 3 is 2.25 bits per heavy atom. The minimum atomic E-state index is -0.131. The monoisotopic (exact) mass is 167 g/mol. The molecular formula is C8H13N3O. The lowest BCUT2D eigenvalue weighted by Crippen LogP contribution is -2.16. The summed E-state index contributed by atoms with van der Waals surface area (Å²) in [6, 6.07) is 0. The number of carbonyl (C=O) groups is 1. The lowest BCUT2D eigenvalue weighted by atomic mass is 9.90. The van der Waals surface area contributed by atoms with Gasteiger partial charge in [-0.25, -0.2) is 0 Å². The lowest BCUT2D eigenvalue weighted by molar-refractivity contribution is 0.101. The maximum absolute atomic E-state index is 11.1. The van der Waals surface area contributed by atoms with Crippen molar-refractivity contribution in [3.8, 4) is 0 Å². The van der Waals surface area contributed by atoms with Crippen molar-refractivity contribution in [2.24, 2.45) is 0 Å². The summed E-state index contributed by atoms with van der Waals surface area (Å²) in [5.74, 6) is -0.0475. The molecule has 0 saturated heterocycles. The predicted octanol–water partition coefficient (Wildman–Crippen LogP) is 1.30. The first-order chi connectivity index (χ1) is 5.43. The van der Waals surface area contributed by atoms with Gasteiger partial charge in [-0.05, 0) is 0 Å². The average molecular weight is 167 g/mol. The number of Topliss-reactive ketones (excluding diaryl/α,β-unsaturated/α-hetero) is 1. The van der Waals surface area contributed by atoms with Gasteiger partial charge in [-0.1, -0.05) is 20.8 Å². The van der Waals surface area contributed by atoms with Gasteiger partial charge in [0.1, 0.15) is 0 Å². The van der Waals surface area contributed by atoms with Crippen LogP contribution in [-0.2, 0) is 5.41 Å². The normalized spacial score (nSPS) is 11.7. The Balaban J connectivity index is 3.17. The summed E-state index contributed by atoms with van der Waals surface area (Å²) in [4.78, 5) is 11.1. The Hall–Kier alpha value is -1.19. The van der Waals surface area contributed by atoms with Crippen molar-refractivity contribution < 1.29 is 4.79 Å². The summed E-state index contributed by atoms with van der Waals surface area (Å²) in [5.41, 5.74) is 1.05. The van der Waals surface area contributed by atoms with Crippen LogP contribution in [0.3, 0.4) is 0 Å². The topological polar surface area (TPSA) is 58.6 Å². The second-order valence-electron chi connectivity index (χ2n) is 3.83. The minimum absolute atomic E-state index is 0.0475. The molecule has 12 heavy (non-hydrogen) atoms. The maximum Gasteiger partial charge on any atom is 0.181 e. The average Bonchev–Trinajstić information content (AvgIpc) is 2.30. The molecule has 0 fully saturated rings. The summed E-state index contributed by atoms with van der Waals surface area (Å²) in [6.07, 6.45) is 0. The fourth-order valence-corrected chi connectivity index (χ4v) is 0.999. The molecule has 0 atom stereocenters. The van der Waals surface area contributed by atoms with Crippen LogP contribution in [0, 0.1) is 0 Å². The number of aromatic nitrogens is 3. The molecule has 0 radical (unpaired) electrons. The molecule has 1 aromatic rings. The molecule has 0 saturated carbocycles. The Bertz CT molecular complexity index is 295. The highest BCUT2D eigenvalue weighted by Gasteiger charge is 2.24. The number of H-pyrrole nitrogens is 1. The standard InChI is InChI=1S/C8H13N3O/c1-5(12)6-7(8(2,3)4)10-11-9-6/h1-4H3,(H,9,10,11). The molecule has 1 N–H and O–H groups in total. The van der Waals surface area contributed by atoms with Crippen LogP contribution in [0.1, 0.15) is 43.9 Å². The third kappa shape index (κ3) is 1.52. The van der Waals surface area contributed by atoms with Crippen LogP contribution in [0.25, 0.3) is 0 Å². The number of carbonyl (C=O) groups excluding carboxylic acids is 1. The van der Waals surface area contributed by atoms with Crippen LogP contribution >= 0.6 is 0 Å². The largest absolute Gasteiger partial charge is 0.293 e. The molecule has 0 aliphatic heterocycles. The highest BCUT2D eigenvalue weighted by Crippen LogP contribution is 2.21. The van der Waals surface area contributed by atoms with Gasteiger partial charge in [-0.15, -0.1) is 0 Å². The smallest absolute Gasteiger partial charge is 0.181 e. The van der Waals surface area contributed by atoms with Gasteiger partial charge < -0.3 is 0 Å². The van der Waals surface area contributed by atoms with Crippen molar-refractivity contribution in [1.29, 1.82) is 0 Å². The Labute approximate surface area is 71.4 Å². The third-order valence-electron chi connectivity index (χ3n) is 1.59. The molecule has 0 bridgehead atoms. The highest BCUT2D eigenvalue weighted by molar-refractivity contribution is 5.93. The molecule has 0 aliphatic carbocycles. The van der Waals surface area contributed by atoms with Crippen molar-refractivity contribution in [2.75, 3.05) is 0 Å². The Morgan fingerprint density at radius 2 is 1.92 bits per heavy atom. The predicted molar refractivity (Wildman–Crippen MR) is 45.1 cm³/mol. The number of hydrogen-bond acceptors (Lipinski definition) is 3. The van der Waals surface area contributed by atoms with Crippen LogP contribution in [-0.4, -0.2) is 21.2 Å². The van der Waals surface area contributed by atoms with Gasteiger partial charge in [0.25, 0.3) is 0 Å². The van der Waals surface area contributed by atoms with Crippen LogP contribution < -0.4 is 0 Å². The van der Waals surface area contributed by atoms with E-state index in [4.69, 9.17) is 0 Å².